The van der Waals surface area contributed by atoms with E-state index in [1.54, 1.807) is 13.0 Å². The van der Waals surface area contributed by atoms with Gasteiger partial charge >= 0.3 is 5.97 Å². The Balaban J connectivity index is 2.28. The van der Waals surface area contributed by atoms with E-state index in [2.05, 4.69) is 0 Å². The summed E-state index contributed by atoms with van der Waals surface area (Å²) < 4.78 is 13.8. The fraction of sp³-hybridized carbons (Fsp3) is 0.429. The summed E-state index contributed by atoms with van der Waals surface area (Å²) in [6, 6.07) is 3.51. The highest BCUT2D eigenvalue weighted by Gasteiger charge is 2.33. The Morgan fingerprint density at radius 3 is 2.74 bits per heavy atom. The second-order valence-corrected chi connectivity index (χ2v) is 4.83. The van der Waals surface area contributed by atoms with Crippen LogP contribution in [0.3, 0.4) is 0 Å². The van der Waals surface area contributed by atoms with Gasteiger partial charge in [-0.15, -0.1) is 0 Å². The minimum absolute atomic E-state index is 0.0567. The lowest BCUT2D eigenvalue weighted by molar-refractivity contribution is -0.143. The molecule has 1 aliphatic heterocycles. The van der Waals surface area contributed by atoms with Gasteiger partial charge in [-0.05, 0) is 43.9 Å². The highest BCUT2D eigenvalue weighted by molar-refractivity contribution is 5.97. The Morgan fingerprint density at radius 2 is 2.11 bits per heavy atom. The van der Waals surface area contributed by atoms with Crippen LogP contribution >= 0.6 is 0 Å². The van der Waals surface area contributed by atoms with Crippen molar-refractivity contribution in [2.24, 2.45) is 0 Å². The van der Waals surface area contributed by atoms with Crippen molar-refractivity contribution in [2.45, 2.75) is 32.2 Å². The molecule has 102 valence electrons. The molecule has 1 heterocycles. The average molecular weight is 265 g/mol. The number of aliphatic carboxylic acids is 1. The van der Waals surface area contributed by atoms with E-state index < -0.39 is 23.7 Å². The molecule has 1 N–H and O–H groups in total. The smallest absolute Gasteiger partial charge is 0.326 e. The zero-order valence-electron chi connectivity index (χ0n) is 10.7. The number of carboxylic acids is 1. The molecule has 5 heteroatoms. The summed E-state index contributed by atoms with van der Waals surface area (Å²) in [4.78, 5) is 24.7. The highest BCUT2D eigenvalue weighted by Crippen LogP contribution is 2.21. The number of nitrogens with zero attached hydrogens (tertiary/aromatic N) is 1. The van der Waals surface area contributed by atoms with E-state index in [-0.39, 0.29) is 5.56 Å². The van der Waals surface area contributed by atoms with Crippen molar-refractivity contribution in [1.29, 1.82) is 0 Å². The Morgan fingerprint density at radius 1 is 1.37 bits per heavy atom. The molecule has 1 saturated heterocycles. The summed E-state index contributed by atoms with van der Waals surface area (Å²) in [5.74, 6) is -2.16. The second kappa shape index (κ2) is 5.38. The van der Waals surface area contributed by atoms with Gasteiger partial charge in [-0.25, -0.2) is 9.18 Å². The minimum Gasteiger partial charge on any atom is -0.480 e. The molecule has 0 bridgehead atoms. The molecule has 19 heavy (non-hydrogen) atoms. The molecule has 0 radical (unpaired) electrons. The number of carbonyl (C=O) groups excluding carboxylic acids is 1. The van der Waals surface area contributed by atoms with Gasteiger partial charge in [-0.1, -0.05) is 6.07 Å². The summed E-state index contributed by atoms with van der Waals surface area (Å²) in [6.07, 6.45) is 1.95. The molecule has 4 nitrogen and oxygen atoms in total. The molecule has 1 aliphatic rings. The van der Waals surface area contributed by atoms with Crippen molar-refractivity contribution in [3.63, 3.8) is 0 Å². The van der Waals surface area contributed by atoms with Crippen molar-refractivity contribution in [3.8, 4) is 0 Å². The molecule has 1 aromatic carbocycles. The number of rotatable bonds is 2. The summed E-state index contributed by atoms with van der Waals surface area (Å²) in [7, 11) is 0. The van der Waals surface area contributed by atoms with E-state index in [0.29, 0.717) is 13.0 Å². The molecule has 0 unspecified atom stereocenters. The van der Waals surface area contributed by atoms with Crippen LogP contribution in [0.1, 0.15) is 35.2 Å². The lowest BCUT2D eigenvalue weighted by atomic mass is 10.0. The van der Waals surface area contributed by atoms with Gasteiger partial charge in [0.05, 0.1) is 5.56 Å². The van der Waals surface area contributed by atoms with Crippen LogP contribution < -0.4 is 0 Å². The maximum Gasteiger partial charge on any atom is 0.326 e. The van der Waals surface area contributed by atoms with Crippen molar-refractivity contribution >= 4 is 11.9 Å². The number of benzene rings is 1. The summed E-state index contributed by atoms with van der Waals surface area (Å²) in [5, 5.41) is 9.13. The predicted octanol–water partition coefficient (Wildman–Crippen LogP) is 2.21. The van der Waals surface area contributed by atoms with Crippen LogP contribution in [0.15, 0.2) is 18.2 Å². The van der Waals surface area contributed by atoms with Gasteiger partial charge in [0, 0.05) is 6.54 Å². The molecule has 1 atom stereocenters. The third-order valence-electron chi connectivity index (χ3n) is 3.40. The Labute approximate surface area is 110 Å². The van der Waals surface area contributed by atoms with E-state index in [4.69, 9.17) is 5.11 Å². The summed E-state index contributed by atoms with van der Waals surface area (Å²) in [6.45, 7) is 2.10. The fourth-order valence-corrected chi connectivity index (χ4v) is 2.38. The molecule has 0 spiro atoms. The molecule has 1 fully saturated rings. The third kappa shape index (κ3) is 2.75. The van der Waals surface area contributed by atoms with Crippen LogP contribution in [0.25, 0.3) is 0 Å². The van der Waals surface area contributed by atoms with Crippen molar-refractivity contribution in [3.05, 3.63) is 35.1 Å². The number of hydrogen-bond donors (Lipinski definition) is 1. The number of piperidine rings is 1. The molecular formula is C14H16FNO3. The van der Waals surface area contributed by atoms with Gasteiger partial charge in [0.2, 0.25) is 0 Å². The zero-order chi connectivity index (χ0) is 14.0. The fourth-order valence-electron chi connectivity index (χ4n) is 2.38. The molecular weight excluding hydrogens is 249 g/mol. The monoisotopic (exact) mass is 265 g/mol. The van der Waals surface area contributed by atoms with Crippen LogP contribution in [0.5, 0.6) is 0 Å². The molecule has 0 saturated carbocycles. The standard InChI is InChI=1S/C14H16FNO3/c1-9-5-6-10(11(15)8-9)13(17)16-7-3-2-4-12(16)14(18)19/h5-6,8,12H,2-4,7H2,1H3,(H,18,19)/t12-/m0/s1. The Kier molecular flexibility index (Phi) is 3.83. The van der Waals surface area contributed by atoms with Crippen molar-refractivity contribution in [2.75, 3.05) is 6.54 Å². The number of carbonyl (C=O) groups is 2. The normalized spacial score (nSPS) is 19.3. The number of amides is 1. The van der Waals surface area contributed by atoms with Crippen LogP contribution in [-0.2, 0) is 4.79 Å². The third-order valence-corrected chi connectivity index (χ3v) is 3.40. The molecule has 1 aromatic rings. The lowest BCUT2D eigenvalue weighted by Gasteiger charge is -2.33. The summed E-state index contributed by atoms with van der Waals surface area (Å²) in [5.41, 5.74) is 0.668. The van der Waals surface area contributed by atoms with Gasteiger partial charge in [0.1, 0.15) is 11.9 Å². The highest BCUT2D eigenvalue weighted by atomic mass is 19.1. The Hall–Kier alpha value is -1.91. The minimum atomic E-state index is -1.03. The first-order chi connectivity index (χ1) is 9.00. The first kappa shape index (κ1) is 13.5. The molecule has 0 aliphatic carbocycles. The average Bonchev–Trinajstić information content (AvgIpc) is 2.38. The zero-order valence-corrected chi connectivity index (χ0v) is 10.7. The number of hydrogen-bond acceptors (Lipinski definition) is 2. The lowest BCUT2D eigenvalue weighted by Crippen LogP contribution is -2.48. The molecule has 0 aromatic heterocycles. The summed E-state index contributed by atoms with van der Waals surface area (Å²) >= 11 is 0. The largest absolute Gasteiger partial charge is 0.480 e. The SMILES string of the molecule is Cc1ccc(C(=O)N2CCCC[C@H]2C(=O)O)c(F)c1. The van der Waals surface area contributed by atoms with E-state index in [1.165, 1.54) is 17.0 Å². The van der Waals surface area contributed by atoms with Crippen LogP contribution in [-0.4, -0.2) is 34.5 Å². The quantitative estimate of drug-likeness (QED) is 0.892. The van der Waals surface area contributed by atoms with E-state index in [0.717, 1.165) is 18.4 Å². The van der Waals surface area contributed by atoms with Crippen LogP contribution in [0.4, 0.5) is 4.39 Å². The predicted molar refractivity (Wildman–Crippen MR) is 67.4 cm³/mol. The Bertz CT molecular complexity index is 515. The van der Waals surface area contributed by atoms with Crippen LogP contribution in [0.2, 0.25) is 0 Å². The van der Waals surface area contributed by atoms with Crippen LogP contribution in [0, 0.1) is 12.7 Å². The van der Waals surface area contributed by atoms with Gasteiger partial charge in [-0.3, -0.25) is 4.79 Å². The number of likely N-dealkylation sites (tertiary alicyclic amines) is 1. The maximum absolute atomic E-state index is 13.8. The van der Waals surface area contributed by atoms with Gasteiger partial charge in [-0.2, -0.15) is 0 Å². The topological polar surface area (TPSA) is 57.6 Å². The first-order valence-corrected chi connectivity index (χ1v) is 6.30. The molecule has 2 rings (SSSR count). The molecule has 1 amide bonds. The van der Waals surface area contributed by atoms with E-state index >= 15 is 0 Å². The second-order valence-electron chi connectivity index (χ2n) is 4.83. The van der Waals surface area contributed by atoms with E-state index in [1.807, 2.05) is 0 Å². The van der Waals surface area contributed by atoms with Crippen molar-refractivity contribution in [1.82, 2.24) is 4.90 Å². The number of aryl methyl sites for hydroxylation is 1. The van der Waals surface area contributed by atoms with Crippen molar-refractivity contribution < 1.29 is 19.1 Å². The van der Waals surface area contributed by atoms with Gasteiger partial charge < -0.3 is 10.0 Å². The van der Waals surface area contributed by atoms with E-state index in [9.17, 15) is 14.0 Å². The number of carboxylic acid groups (broad SMARTS) is 1. The maximum atomic E-state index is 13.8. The van der Waals surface area contributed by atoms with Gasteiger partial charge in [0.15, 0.2) is 0 Å². The van der Waals surface area contributed by atoms with Gasteiger partial charge in [0.25, 0.3) is 5.91 Å². The first-order valence-electron chi connectivity index (χ1n) is 6.30. The number of halogens is 1.